The first-order chi connectivity index (χ1) is 15.3. The number of hydrogen-bond donors (Lipinski definition) is 1. The van der Waals surface area contributed by atoms with E-state index >= 15 is 0 Å². The maximum absolute atomic E-state index is 12.5. The molecule has 0 atom stereocenters. The predicted octanol–water partition coefficient (Wildman–Crippen LogP) is 7.84. The molecule has 0 spiro atoms. The van der Waals surface area contributed by atoms with Crippen molar-refractivity contribution in [1.29, 1.82) is 5.26 Å². The number of anilines is 1. The Hall–Kier alpha value is -2.49. The standard InChI is InChI=1S/C24H16BrCl3N2O2/c1-14-6-7-18(11-21(14)27)30-24(31)17(12-29)8-15-9-19(25)23(22(28)10-15)32-13-16-4-2-3-5-20(16)26/h2-11H,13H2,1H3,(H,30,31)/b17-8-. The molecule has 4 nitrogen and oxygen atoms in total. The zero-order chi connectivity index (χ0) is 23.3. The fourth-order valence-corrected chi connectivity index (χ4v) is 4.11. The number of nitrogens with one attached hydrogen (secondary N) is 1. The van der Waals surface area contributed by atoms with E-state index in [2.05, 4.69) is 21.2 Å². The van der Waals surface area contributed by atoms with E-state index in [1.54, 1.807) is 36.4 Å². The van der Waals surface area contributed by atoms with Crippen LogP contribution >= 0.6 is 50.7 Å². The SMILES string of the molecule is Cc1ccc(NC(=O)/C(C#N)=C\c2cc(Cl)c(OCc3ccccc3Cl)c(Br)c2)cc1Cl. The molecule has 1 N–H and O–H groups in total. The minimum Gasteiger partial charge on any atom is -0.486 e. The molecule has 3 aromatic carbocycles. The van der Waals surface area contributed by atoms with Crippen molar-refractivity contribution < 1.29 is 9.53 Å². The van der Waals surface area contributed by atoms with Crippen LogP contribution in [-0.2, 0) is 11.4 Å². The Morgan fingerprint density at radius 1 is 1.09 bits per heavy atom. The van der Waals surface area contributed by atoms with Crippen molar-refractivity contribution in [3.05, 3.63) is 96.4 Å². The highest BCUT2D eigenvalue weighted by Gasteiger charge is 2.14. The molecule has 3 rings (SSSR count). The average Bonchev–Trinajstić information content (AvgIpc) is 2.75. The van der Waals surface area contributed by atoms with Gasteiger partial charge in [-0.05, 0) is 70.4 Å². The van der Waals surface area contributed by atoms with Crippen LogP contribution in [0.15, 0.2) is 64.6 Å². The van der Waals surface area contributed by atoms with E-state index in [-0.39, 0.29) is 12.2 Å². The number of hydrogen-bond acceptors (Lipinski definition) is 3. The summed E-state index contributed by atoms with van der Waals surface area (Å²) >= 11 is 22.1. The van der Waals surface area contributed by atoms with Gasteiger partial charge in [0, 0.05) is 21.3 Å². The van der Waals surface area contributed by atoms with Gasteiger partial charge in [-0.2, -0.15) is 5.26 Å². The Balaban J connectivity index is 1.78. The monoisotopic (exact) mass is 548 g/mol. The molecule has 32 heavy (non-hydrogen) atoms. The molecule has 0 bridgehead atoms. The summed E-state index contributed by atoms with van der Waals surface area (Å²) in [6.07, 6.45) is 1.44. The number of aryl methyl sites for hydroxylation is 1. The summed E-state index contributed by atoms with van der Waals surface area (Å²) in [7, 11) is 0. The molecule has 162 valence electrons. The normalized spacial score (nSPS) is 11.1. The summed E-state index contributed by atoms with van der Waals surface area (Å²) in [6, 6.07) is 17.7. The highest BCUT2D eigenvalue weighted by molar-refractivity contribution is 9.10. The van der Waals surface area contributed by atoms with Gasteiger partial charge in [-0.15, -0.1) is 0 Å². The highest BCUT2D eigenvalue weighted by atomic mass is 79.9. The van der Waals surface area contributed by atoms with Gasteiger partial charge in [0.15, 0.2) is 5.75 Å². The molecule has 0 saturated carbocycles. The fourth-order valence-electron chi connectivity index (χ4n) is 2.75. The number of amides is 1. The van der Waals surface area contributed by atoms with Gasteiger partial charge in [-0.1, -0.05) is 59.1 Å². The number of nitriles is 1. The van der Waals surface area contributed by atoms with Crippen LogP contribution < -0.4 is 10.1 Å². The second-order valence-corrected chi connectivity index (χ2v) is 8.86. The van der Waals surface area contributed by atoms with Crippen molar-refractivity contribution in [1.82, 2.24) is 0 Å². The fraction of sp³-hybridized carbons (Fsp3) is 0.0833. The molecule has 3 aromatic rings. The quantitative estimate of drug-likeness (QED) is 0.251. The van der Waals surface area contributed by atoms with Crippen LogP contribution in [0.5, 0.6) is 5.75 Å². The minimum atomic E-state index is -0.557. The Kier molecular flexibility index (Phi) is 8.22. The van der Waals surface area contributed by atoms with Crippen LogP contribution in [0.1, 0.15) is 16.7 Å². The second-order valence-electron chi connectivity index (χ2n) is 6.78. The van der Waals surface area contributed by atoms with Gasteiger partial charge < -0.3 is 10.1 Å². The summed E-state index contributed by atoms with van der Waals surface area (Å²) < 4.78 is 6.40. The van der Waals surface area contributed by atoms with Crippen LogP contribution in [0.4, 0.5) is 5.69 Å². The van der Waals surface area contributed by atoms with Gasteiger partial charge >= 0.3 is 0 Å². The van der Waals surface area contributed by atoms with Crippen molar-refractivity contribution in [2.45, 2.75) is 13.5 Å². The van der Waals surface area contributed by atoms with E-state index in [1.807, 2.05) is 31.2 Å². The number of carbonyl (C=O) groups is 1. The van der Waals surface area contributed by atoms with Gasteiger partial charge in [-0.25, -0.2) is 0 Å². The molecule has 0 radical (unpaired) electrons. The third-order valence-electron chi connectivity index (χ3n) is 4.46. The van der Waals surface area contributed by atoms with E-state index in [0.29, 0.717) is 36.5 Å². The van der Waals surface area contributed by atoms with Crippen LogP contribution in [-0.4, -0.2) is 5.91 Å². The van der Waals surface area contributed by atoms with Crippen LogP contribution in [0, 0.1) is 18.3 Å². The van der Waals surface area contributed by atoms with Gasteiger partial charge in [0.05, 0.1) is 9.50 Å². The molecule has 0 fully saturated rings. The number of rotatable bonds is 6. The zero-order valence-electron chi connectivity index (χ0n) is 16.8. The first-order valence-corrected chi connectivity index (χ1v) is 11.3. The number of halogens is 4. The van der Waals surface area contributed by atoms with E-state index in [0.717, 1.165) is 11.1 Å². The lowest BCUT2D eigenvalue weighted by Gasteiger charge is -2.12. The number of benzene rings is 3. The molecular weight excluding hydrogens is 535 g/mol. The molecule has 1 amide bonds. The molecule has 0 aliphatic heterocycles. The summed E-state index contributed by atoms with van der Waals surface area (Å²) in [5.41, 5.74) is 2.67. The summed E-state index contributed by atoms with van der Waals surface area (Å²) in [5, 5.41) is 13.6. The van der Waals surface area contributed by atoms with Crippen molar-refractivity contribution in [2.75, 3.05) is 5.32 Å². The molecule has 0 heterocycles. The average molecular weight is 551 g/mol. The Morgan fingerprint density at radius 3 is 2.50 bits per heavy atom. The van der Waals surface area contributed by atoms with Crippen molar-refractivity contribution in [3.8, 4) is 11.8 Å². The Labute approximate surface area is 209 Å². The summed E-state index contributed by atoms with van der Waals surface area (Å²) in [4.78, 5) is 12.5. The molecule has 0 saturated heterocycles. The predicted molar refractivity (Wildman–Crippen MR) is 133 cm³/mol. The second kappa shape index (κ2) is 10.9. The largest absolute Gasteiger partial charge is 0.486 e. The van der Waals surface area contributed by atoms with Gasteiger partial charge in [0.25, 0.3) is 5.91 Å². The first-order valence-electron chi connectivity index (χ1n) is 9.33. The number of carbonyl (C=O) groups excluding carboxylic acids is 1. The van der Waals surface area contributed by atoms with E-state index < -0.39 is 5.91 Å². The van der Waals surface area contributed by atoms with Crippen molar-refractivity contribution in [2.24, 2.45) is 0 Å². The van der Waals surface area contributed by atoms with Crippen molar-refractivity contribution in [3.63, 3.8) is 0 Å². The molecule has 8 heteroatoms. The third-order valence-corrected chi connectivity index (χ3v) is 6.10. The molecule has 0 aliphatic carbocycles. The molecule has 0 unspecified atom stereocenters. The smallest absolute Gasteiger partial charge is 0.266 e. The Morgan fingerprint density at radius 2 is 1.84 bits per heavy atom. The number of ether oxygens (including phenoxy) is 1. The maximum atomic E-state index is 12.5. The van der Waals surface area contributed by atoms with Crippen LogP contribution in [0.2, 0.25) is 15.1 Å². The first kappa shape index (κ1) is 24.2. The van der Waals surface area contributed by atoms with Gasteiger partial charge in [0.2, 0.25) is 0 Å². The Bertz CT molecular complexity index is 1230. The van der Waals surface area contributed by atoms with E-state index in [9.17, 15) is 10.1 Å². The van der Waals surface area contributed by atoms with Gasteiger partial charge in [0.1, 0.15) is 18.2 Å². The summed E-state index contributed by atoms with van der Waals surface area (Å²) in [5.74, 6) is -0.125. The third kappa shape index (κ3) is 6.05. The maximum Gasteiger partial charge on any atom is 0.266 e. The van der Waals surface area contributed by atoms with Gasteiger partial charge in [-0.3, -0.25) is 4.79 Å². The number of nitrogens with zero attached hydrogens (tertiary/aromatic N) is 1. The topological polar surface area (TPSA) is 62.1 Å². The van der Waals surface area contributed by atoms with Crippen LogP contribution in [0.25, 0.3) is 6.08 Å². The zero-order valence-corrected chi connectivity index (χ0v) is 20.6. The minimum absolute atomic E-state index is 0.0885. The summed E-state index contributed by atoms with van der Waals surface area (Å²) in [6.45, 7) is 2.09. The molecule has 0 aromatic heterocycles. The van der Waals surface area contributed by atoms with Crippen LogP contribution in [0.3, 0.4) is 0 Å². The molecule has 0 aliphatic rings. The lowest BCUT2D eigenvalue weighted by atomic mass is 10.1. The lowest BCUT2D eigenvalue weighted by Crippen LogP contribution is -2.13. The van der Waals surface area contributed by atoms with Crippen molar-refractivity contribution >= 4 is 68.4 Å². The van der Waals surface area contributed by atoms with E-state index in [1.165, 1.54) is 6.08 Å². The highest BCUT2D eigenvalue weighted by Crippen LogP contribution is 2.36. The molecular formula is C24H16BrCl3N2O2. The lowest BCUT2D eigenvalue weighted by molar-refractivity contribution is -0.112. The van der Waals surface area contributed by atoms with E-state index in [4.69, 9.17) is 39.5 Å².